The summed E-state index contributed by atoms with van der Waals surface area (Å²) in [5.41, 5.74) is 8.41. The number of thioether (sulfide) groups is 2. The Morgan fingerprint density at radius 2 is 0.989 bits per heavy atom. The highest BCUT2D eigenvalue weighted by Crippen LogP contribution is 2.52. The number of para-hydroxylation sites is 2. The number of anilines is 2. The molecule has 0 spiro atoms. The highest BCUT2D eigenvalue weighted by atomic mass is 32.2. The fourth-order valence-electron chi connectivity index (χ4n) is 10.9. The van der Waals surface area contributed by atoms with Crippen molar-refractivity contribution in [3.8, 4) is 33.8 Å². The number of aliphatic hydroxyl groups is 1. The van der Waals surface area contributed by atoms with Gasteiger partial charge in [0.1, 0.15) is 40.2 Å². The first-order valence-electron chi connectivity index (χ1n) is 30.4. The molecule has 2 aliphatic heterocycles. The van der Waals surface area contributed by atoms with E-state index in [1.165, 1.54) is 74.5 Å². The van der Waals surface area contributed by atoms with E-state index < -0.39 is 52.0 Å². The number of phenols is 1. The second-order valence-corrected chi connectivity index (χ2v) is 35.2. The lowest BCUT2D eigenvalue weighted by atomic mass is 9.90. The van der Waals surface area contributed by atoms with E-state index in [2.05, 4.69) is 33.9 Å². The maximum atomic E-state index is 14.3. The molecule has 94 heavy (non-hydrogen) atoms. The molecule has 0 aliphatic carbocycles. The van der Waals surface area contributed by atoms with E-state index in [4.69, 9.17) is 18.2 Å². The van der Waals surface area contributed by atoms with Crippen molar-refractivity contribution in [3.63, 3.8) is 0 Å². The number of hydrogen-bond donors (Lipinski definition) is 4. The van der Waals surface area contributed by atoms with Gasteiger partial charge in [-0.25, -0.2) is 8.78 Å². The minimum Gasteiger partial charge on any atom is -0.508 e. The van der Waals surface area contributed by atoms with Crippen LogP contribution in [0.25, 0.3) is 22.3 Å². The van der Waals surface area contributed by atoms with Gasteiger partial charge in [-0.15, -0.1) is 23.5 Å². The summed E-state index contributed by atoms with van der Waals surface area (Å²) >= 11 is 2.84. The molecule has 4 N–H and O–H groups in total. The van der Waals surface area contributed by atoms with Crippen LogP contribution in [0.5, 0.6) is 11.5 Å². The van der Waals surface area contributed by atoms with Crippen molar-refractivity contribution in [2.75, 3.05) is 35.5 Å². The molecule has 2 heterocycles. The van der Waals surface area contributed by atoms with E-state index in [0.29, 0.717) is 51.4 Å². The molecule has 9 aromatic rings. The maximum Gasteiger partial charge on any atom is 0.360 e. The van der Waals surface area contributed by atoms with Crippen LogP contribution in [0.1, 0.15) is 72.9 Å². The fraction of sp³-hybridized carbons (Fsp3) is 0.233. The van der Waals surface area contributed by atoms with Crippen LogP contribution in [0, 0.1) is 11.6 Å². The first kappa shape index (κ1) is 69.3. The van der Waals surface area contributed by atoms with Gasteiger partial charge in [0.2, 0.25) is 11.8 Å². The van der Waals surface area contributed by atoms with Crippen molar-refractivity contribution in [2.24, 2.45) is 0 Å². The molecule has 6 atom stereocenters. The van der Waals surface area contributed by atoms with E-state index in [-0.39, 0.29) is 51.6 Å². The molecule has 9 aromatic carbocycles. The van der Waals surface area contributed by atoms with Gasteiger partial charge in [0, 0.05) is 48.2 Å². The molecule has 11 rings (SSSR count). The van der Waals surface area contributed by atoms with Gasteiger partial charge in [-0.05, 0) is 142 Å². The summed E-state index contributed by atoms with van der Waals surface area (Å²) in [5.74, 6) is 0.471. The number of nitrogens with zero attached hydrogens (tertiary/aromatic N) is 2. The predicted octanol–water partition coefficient (Wildman–Crippen LogP) is 16.1. The molecule has 0 unspecified atom stereocenters. The summed E-state index contributed by atoms with van der Waals surface area (Å²) in [5, 5.41) is 21.0. The lowest BCUT2D eigenvalue weighted by Crippen LogP contribution is -2.58. The van der Waals surface area contributed by atoms with Crippen molar-refractivity contribution < 1.29 is 65.7 Å². The van der Waals surface area contributed by atoms with Crippen molar-refractivity contribution >= 4 is 80.8 Å². The van der Waals surface area contributed by atoms with Crippen molar-refractivity contribution in [1.29, 1.82) is 0 Å². The molecule has 488 valence electrons. The number of carbonyl (C=O) groups is 2. The molecule has 2 aliphatic rings. The Kier molecular flexibility index (Phi) is 21.9. The summed E-state index contributed by atoms with van der Waals surface area (Å²) < 4.78 is 75.8. The van der Waals surface area contributed by atoms with Crippen LogP contribution in [0.2, 0.25) is 18.1 Å². The summed E-state index contributed by atoms with van der Waals surface area (Å²) in [6, 6.07) is 64.3. The molecular formula is C73H74F2N2O12P2S2Si. The van der Waals surface area contributed by atoms with E-state index in [1.807, 2.05) is 126 Å². The molecule has 0 bridgehead atoms. The normalized spacial score (nSPS) is 17.3. The van der Waals surface area contributed by atoms with Gasteiger partial charge in [-0.2, -0.15) is 0 Å². The zero-order valence-corrected chi connectivity index (χ0v) is 57.3. The molecule has 2 fully saturated rings. The topological polar surface area (TPSA) is 193 Å². The average Bonchev–Trinajstić information content (AvgIpc) is 0.741. The van der Waals surface area contributed by atoms with E-state index >= 15 is 0 Å². The van der Waals surface area contributed by atoms with Crippen LogP contribution in [0.15, 0.2) is 224 Å². The molecular weight excluding hydrogens is 1290 g/mol. The zero-order chi connectivity index (χ0) is 67.1. The van der Waals surface area contributed by atoms with Crippen LogP contribution in [-0.2, 0) is 38.8 Å². The molecule has 0 saturated carbocycles. The number of aromatic hydroxyl groups is 1. The number of benzene rings is 9. The Hall–Kier alpha value is -7.48. The Morgan fingerprint density at radius 1 is 0.553 bits per heavy atom. The third kappa shape index (κ3) is 15.7. The number of amides is 2. The molecule has 0 aromatic heterocycles. The SMILES string of the molecule is COP(=O)(OC)c1ccc(-c2ccc([C@@H]3[C@@H](SC[C@H](O[Si](C)(C)C(C)(C)C)c4ccc(F)cc4)C(=O)N3c3ccccc3)c(OCc3ccccc3)c2)cc1.O=C1[C@H](SC[C@H](O)c2ccc(F)cc2)[C@@H](c2ccc(-c3ccc(P(=O)(O)O)cc3)cc2O)N1c1ccccc1. The molecule has 2 amide bonds. The average molecular weight is 1360 g/mol. The van der Waals surface area contributed by atoms with Gasteiger partial charge < -0.3 is 48.0 Å². The molecule has 21 heteroatoms. The lowest BCUT2D eigenvalue weighted by molar-refractivity contribution is -0.124. The number of β-lactam (4-membered cyclic amide) rings is 2. The minimum atomic E-state index is -4.37. The van der Waals surface area contributed by atoms with Gasteiger partial charge in [-0.3, -0.25) is 18.7 Å². The largest absolute Gasteiger partial charge is 0.508 e. The smallest absolute Gasteiger partial charge is 0.360 e. The number of carbonyl (C=O) groups excluding carboxylic acids is 2. The van der Waals surface area contributed by atoms with Crippen LogP contribution < -0.4 is 25.1 Å². The summed E-state index contributed by atoms with van der Waals surface area (Å²) in [7, 11) is -7.29. The van der Waals surface area contributed by atoms with Gasteiger partial charge in [-0.1, -0.05) is 160 Å². The molecule has 0 radical (unpaired) electrons. The van der Waals surface area contributed by atoms with E-state index in [9.17, 15) is 47.5 Å². The van der Waals surface area contributed by atoms with Gasteiger partial charge in [0.25, 0.3) is 0 Å². The summed E-state index contributed by atoms with van der Waals surface area (Å²) in [6.07, 6.45) is -1.24. The lowest BCUT2D eigenvalue weighted by Gasteiger charge is -2.48. The quantitative estimate of drug-likeness (QED) is 0.0268. The second kappa shape index (κ2) is 29.7. The number of aliphatic hydroxyl groups excluding tert-OH is 1. The first-order chi connectivity index (χ1) is 44.9. The molecule has 2 saturated heterocycles. The third-order valence-corrected chi connectivity index (χ3v) is 27.2. The number of ether oxygens (including phenoxy) is 1. The Bertz CT molecular complexity index is 4170. The Balaban J connectivity index is 0.000000217. The van der Waals surface area contributed by atoms with E-state index in [0.717, 1.165) is 33.5 Å². The zero-order valence-electron chi connectivity index (χ0n) is 52.9. The minimum absolute atomic E-state index is 0.000716. The van der Waals surface area contributed by atoms with Gasteiger partial charge in [0.05, 0.1) is 34.9 Å². The van der Waals surface area contributed by atoms with Gasteiger partial charge >= 0.3 is 15.2 Å². The number of phenolic OH excluding ortho intramolecular Hbond substituents is 1. The van der Waals surface area contributed by atoms with Crippen molar-refractivity contribution in [3.05, 3.63) is 264 Å². The van der Waals surface area contributed by atoms with E-state index in [1.54, 1.807) is 71.3 Å². The maximum absolute atomic E-state index is 14.3. The Labute approximate surface area is 556 Å². The standard InChI is InChI=1S/C44H49FNO6PSSi.C29H25FNO6PS/c1-44(2,3)55(6,7)52-40(33-18-23-35(45)24-19-33)30-54-42-41(46(43(42)47)36-16-12-9-13-17-36)38-27-22-34(28-39(38)51-29-31-14-10-8-11-15-31)32-20-25-37(26-21-32)53(48,49-4)50-5;30-21-11-6-19(7-12-21)26(33)17-39-28-27(31(29(28)34)22-4-2-1-3-5-22)24-15-10-20(16-25(24)32)18-8-13-23(14-9-18)38(35,36)37/h8-28,40-42H,29-30H2,1-7H3;1-16,26-28,32-33H,17H2,(H2,35,36,37)/t40-,41+,42+;26-,27+,28+/m00/s1. The predicted molar refractivity (Wildman–Crippen MR) is 374 cm³/mol. The number of hydrogen-bond acceptors (Lipinski definition) is 12. The highest BCUT2D eigenvalue weighted by molar-refractivity contribution is 8.01. The van der Waals surface area contributed by atoms with Crippen LogP contribution >= 0.6 is 38.7 Å². The monoisotopic (exact) mass is 1360 g/mol. The van der Waals surface area contributed by atoms with Crippen LogP contribution in [0.3, 0.4) is 0 Å². The van der Waals surface area contributed by atoms with Crippen molar-refractivity contribution in [2.45, 2.75) is 80.3 Å². The second-order valence-electron chi connectivity index (χ2n) is 24.3. The number of rotatable bonds is 23. The third-order valence-electron chi connectivity index (χ3n) is 17.2. The Morgan fingerprint density at radius 3 is 1.47 bits per heavy atom. The van der Waals surface area contributed by atoms with Crippen molar-refractivity contribution in [1.82, 2.24) is 0 Å². The fourth-order valence-corrected chi connectivity index (χ4v) is 16.6. The van der Waals surface area contributed by atoms with Crippen LogP contribution in [0.4, 0.5) is 20.2 Å². The molecule has 14 nitrogen and oxygen atoms in total. The number of halogens is 2. The van der Waals surface area contributed by atoms with Crippen LogP contribution in [-0.4, -0.2) is 76.4 Å². The summed E-state index contributed by atoms with van der Waals surface area (Å²) in [4.78, 5) is 49.7. The first-order valence-corrected chi connectivity index (χ1v) is 38.5. The summed E-state index contributed by atoms with van der Waals surface area (Å²) in [6.45, 7) is 11.3. The highest BCUT2D eigenvalue weighted by Gasteiger charge is 2.52. The van der Waals surface area contributed by atoms with Gasteiger partial charge in [0.15, 0.2) is 8.32 Å².